The highest BCUT2D eigenvalue weighted by Gasteiger charge is 2.13. The van der Waals surface area contributed by atoms with E-state index in [1.54, 1.807) is 18.8 Å². The molecule has 0 radical (unpaired) electrons. The molecule has 0 spiro atoms. The maximum absolute atomic E-state index is 11.2. The van der Waals surface area contributed by atoms with Crippen molar-refractivity contribution in [3.05, 3.63) is 34.9 Å². The van der Waals surface area contributed by atoms with Gasteiger partial charge in [-0.05, 0) is 37.3 Å². The number of nitrogens with one attached hydrogen (secondary N) is 2. The summed E-state index contributed by atoms with van der Waals surface area (Å²) in [5.74, 6) is 0.825. The molecular weight excluding hydrogens is 493 g/mol. The summed E-state index contributed by atoms with van der Waals surface area (Å²) in [7, 11) is -1.25. The van der Waals surface area contributed by atoms with Gasteiger partial charge in [0.1, 0.15) is 9.84 Å². The van der Waals surface area contributed by atoms with Crippen LogP contribution in [0.2, 0.25) is 5.02 Å². The molecule has 0 aliphatic carbocycles. The number of aliphatic imine (C=N–C) groups is 1. The highest BCUT2D eigenvalue weighted by atomic mass is 127. The van der Waals surface area contributed by atoms with Crippen LogP contribution in [0.4, 0.5) is 0 Å². The first-order chi connectivity index (χ1) is 11.2. The summed E-state index contributed by atoms with van der Waals surface area (Å²) >= 11 is 7.79. The first-order valence-corrected chi connectivity index (χ1v) is 11.4. The van der Waals surface area contributed by atoms with Gasteiger partial charge in [0.25, 0.3) is 0 Å². The minimum atomic E-state index is -2.95. The number of thioether (sulfide) groups is 1. The summed E-state index contributed by atoms with van der Waals surface area (Å²) < 4.78 is 22.5. The Kier molecular flexibility index (Phi) is 12.1. The van der Waals surface area contributed by atoms with E-state index in [2.05, 4.69) is 27.9 Å². The van der Waals surface area contributed by atoms with Gasteiger partial charge >= 0.3 is 0 Å². The number of hydrogen-bond donors (Lipinski definition) is 2. The van der Waals surface area contributed by atoms with E-state index in [0.717, 1.165) is 10.6 Å². The molecule has 1 aromatic carbocycles. The average Bonchev–Trinajstić information content (AvgIpc) is 2.51. The van der Waals surface area contributed by atoms with Crippen LogP contribution in [0.15, 0.2) is 29.3 Å². The quantitative estimate of drug-likeness (QED) is 0.313. The first kappa shape index (κ1) is 24.8. The van der Waals surface area contributed by atoms with Crippen molar-refractivity contribution < 1.29 is 8.42 Å². The van der Waals surface area contributed by atoms with Gasteiger partial charge in [-0.25, -0.2) is 8.42 Å². The molecule has 0 saturated heterocycles. The molecule has 0 amide bonds. The van der Waals surface area contributed by atoms with Crippen molar-refractivity contribution in [2.75, 3.05) is 31.9 Å². The minimum absolute atomic E-state index is 0. The fourth-order valence-corrected chi connectivity index (χ4v) is 3.77. The third-order valence-electron chi connectivity index (χ3n) is 3.49. The smallest absolute Gasteiger partial charge is 0.191 e. The van der Waals surface area contributed by atoms with Gasteiger partial charge in [0.15, 0.2) is 5.96 Å². The van der Waals surface area contributed by atoms with Gasteiger partial charge in [0, 0.05) is 36.2 Å². The van der Waals surface area contributed by atoms with E-state index < -0.39 is 9.84 Å². The summed E-state index contributed by atoms with van der Waals surface area (Å²) in [5.41, 5.74) is 1.16. The van der Waals surface area contributed by atoms with E-state index in [4.69, 9.17) is 11.6 Å². The molecule has 1 rings (SSSR count). The predicted molar refractivity (Wildman–Crippen MR) is 121 cm³/mol. The Balaban J connectivity index is 0.00000576. The standard InChI is InChI=1S/C16H26ClN3O2S2.HI/c1-12(8-9-24(4,21)22)20-16(18-2)19-11-15(23-3)13-6-5-7-14(17)10-13;/h5-7,10,12,15H,8-9,11H2,1-4H3,(H2,18,19,20);1H. The molecule has 2 unspecified atom stereocenters. The lowest BCUT2D eigenvalue weighted by atomic mass is 10.1. The number of hydrogen-bond acceptors (Lipinski definition) is 4. The number of nitrogens with zero attached hydrogens (tertiary/aromatic N) is 1. The van der Waals surface area contributed by atoms with Crippen molar-refractivity contribution in [1.82, 2.24) is 10.6 Å². The lowest BCUT2D eigenvalue weighted by molar-refractivity contribution is 0.581. The Hall–Kier alpha value is -0.190. The van der Waals surface area contributed by atoms with Crippen molar-refractivity contribution in [3.63, 3.8) is 0 Å². The SMILES string of the molecule is CN=C(NCC(SC)c1cccc(Cl)c1)NC(C)CCS(C)(=O)=O.I. The third-order valence-corrected chi connectivity index (χ3v) is 5.71. The van der Waals surface area contributed by atoms with Crippen LogP contribution in [0.3, 0.4) is 0 Å². The summed E-state index contributed by atoms with van der Waals surface area (Å²) in [6.45, 7) is 2.64. The molecule has 0 aromatic heterocycles. The van der Waals surface area contributed by atoms with Gasteiger partial charge in [-0.3, -0.25) is 4.99 Å². The van der Waals surface area contributed by atoms with E-state index in [1.165, 1.54) is 6.26 Å². The minimum Gasteiger partial charge on any atom is -0.355 e. The summed E-state index contributed by atoms with van der Waals surface area (Å²) in [6, 6.07) is 7.85. The van der Waals surface area contributed by atoms with Gasteiger partial charge in [0.2, 0.25) is 0 Å². The van der Waals surface area contributed by atoms with Crippen LogP contribution in [0.1, 0.15) is 24.2 Å². The second-order valence-electron chi connectivity index (χ2n) is 5.70. The average molecular weight is 520 g/mol. The highest BCUT2D eigenvalue weighted by Crippen LogP contribution is 2.27. The fraction of sp³-hybridized carbons (Fsp3) is 0.562. The van der Waals surface area contributed by atoms with Crippen LogP contribution < -0.4 is 10.6 Å². The zero-order chi connectivity index (χ0) is 18.2. The molecule has 0 saturated carbocycles. The van der Waals surface area contributed by atoms with E-state index in [1.807, 2.05) is 25.1 Å². The van der Waals surface area contributed by atoms with Crippen molar-refractivity contribution in [1.29, 1.82) is 0 Å². The lowest BCUT2D eigenvalue weighted by Gasteiger charge is -2.21. The maximum Gasteiger partial charge on any atom is 0.191 e. The van der Waals surface area contributed by atoms with Crippen LogP contribution in [-0.4, -0.2) is 52.3 Å². The number of benzene rings is 1. The molecule has 0 bridgehead atoms. The molecule has 144 valence electrons. The normalized spacial score (nSPS) is 14.4. The largest absolute Gasteiger partial charge is 0.355 e. The van der Waals surface area contributed by atoms with E-state index in [0.29, 0.717) is 18.9 Å². The Labute approximate surface area is 177 Å². The van der Waals surface area contributed by atoms with Crippen LogP contribution >= 0.6 is 47.3 Å². The van der Waals surface area contributed by atoms with Crippen molar-refractivity contribution in [2.24, 2.45) is 4.99 Å². The molecule has 0 aliphatic rings. The van der Waals surface area contributed by atoms with Crippen LogP contribution in [0, 0.1) is 0 Å². The molecule has 2 atom stereocenters. The second kappa shape index (κ2) is 12.2. The van der Waals surface area contributed by atoms with E-state index in [9.17, 15) is 8.42 Å². The molecule has 5 nitrogen and oxygen atoms in total. The monoisotopic (exact) mass is 519 g/mol. The molecule has 0 fully saturated rings. The molecule has 1 aromatic rings. The molecule has 0 heterocycles. The van der Waals surface area contributed by atoms with E-state index in [-0.39, 0.29) is 41.0 Å². The molecule has 25 heavy (non-hydrogen) atoms. The molecule has 9 heteroatoms. The Bertz CT molecular complexity index is 657. The van der Waals surface area contributed by atoms with Crippen LogP contribution in [0.25, 0.3) is 0 Å². The van der Waals surface area contributed by atoms with E-state index >= 15 is 0 Å². The predicted octanol–water partition coefficient (Wildman–Crippen LogP) is 3.35. The van der Waals surface area contributed by atoms with Gasteiger partial charge in [0.05, 0.1) is 5.75 Å². The topological polar surface area (TPSA) is 70.6 Å². The number of guanidine groups is 1. The van der Waals surface area contributed by atoms with Crippen LogP contribution in [0.5, 0.6) is 0 Å². The summed E-state index contributed by atoms with van der Waals surface area (Å²) in [4.78, 5) is 4.20. The van der Waals surface area contributed by atoms with Gasteiger partial charge < -0.3 is 10.6 Å². The molecule has 0 aliphatic heterocycles. The maximum atomic E-state index is 11.2. The summed E-state index contributed by atoms with van der Waals surface area (Å²) in [5, 5.41) is 7.48. The third kappa shape index (κ3) is 10.5. The lowest BCUT2D eigenvalue weighted by Crippen LogP contribution is -2.43. The molecular formula is C16H27ClIN3O2S2. The first-order valence-electron chi connectivity index (χ1n) is 7.68. The van der Waals surface area contributed by atoms with Gasteiger partial charge in [-0.1, -0.05) is 23.7 Å². The number of sulfone groups is 1. The van der Waals surface area contributed by atoms with Crippen molar-refractivity contribution in [2.45, 2.75) is 24.6 Å². The Morgan fingerprint density at radius 3 is 2.60 bits per heavy atom. The highest BCUT2D eigenvalue weighted by molar-refractivity contribution is 14.0. The van der Waals surface area contributed by atoms with Gasteiger partial charge in [-0.2, -0.15) is 11.8 Å². The number of rotatable bonds is 8. The zero-order valence-electron chi connectivity index (χ0n) is 15.0. The summed E-state index contributed by atoms with van der Waals surface area (Å²) in [6.07, 6.45) is 3.85. The Morgan fingerprint density at radius 2 is 2.08 bits per heavy atom. The second-order valence-corrected chi connectivity index (χ2v) is 9.43. The molecule has 2 N–H and O–H groups in total. The van der Waals surface area contributed by atoms with Crippen LogP contribution in [-0.2, 0) is 9.84 Å². The zero-order valence-corrected chi connectivity index (χ0v) is 19.7. The van der Waals surface area contributed by atoms with Gasteiger partial charge in [-0.15, -0.1) is 24.0 Å². The van der Waals surface area contributed by atoms with Crippen molar-refractivity contribution >= 4 is 63.1 Å². The van der Waals surface area contributed by atoms with Crippen molar-refractivity contribution in [3.8, 4) is 0 Å². The fourth-order valence-electron chi connectivity index (χ4n) is 2.12. The number of halogens is 2. The Morgan fingerprint density at radius 1 is 1.40 bits per heavy atom.